The third-order valence-corrected chi connectivity index (χ3v) is 4.27. The molecule has 0 saturated heterocycles. The summed E-state index contributed by atoms with van der Waals surface area (Å²) in [5, 5.41) is 4.02. The maximum atomic E-state index is 12.1. The minimum absolute atomic E-state index is 0.0982. The number of hydrogen-bond acceptors (Lipinski definition) is 7. The molecule has 0 aliphatic carbocycles. The van der Waals surface area contributed by atoms with Gasteiger partial charge in [0.1, 0.15) is 5.82 Å². The number of esters is 1. The number of rotatable bonds is 7. The van der Waals surface area contributed by atoms with E-state index < -0.39 is 0 Å². The first-order valence-electron chi connectivity index (χ1n) is 9.04. The highest BCUT2D eigenvalue weighted by molar-refractivity contribution is 6.28. The maximum absolute atomic E-state index is 12.1. The Labute approximate surface area is 174 Å². The van der Waals surface area contributed by atoms with Crippen molar-refractivity contribution in [2.75, 3.05) is 26.1 Å². The number of carbonyl (C=O) groups excluding carboxylic acids is 1. The van der Waals surface area contributed by atoms with E-state index in [-0.39, 0.29) is 17.2 Å². The number of fused-ring (bicyclic) bond motifs is 1. The third-order valence-electron chi connectivity index (χ3n) is 4.10. The summed E-state index contributed by atoms with van der Waals surface area (Å²) in [6.45, 7) is 4.36. The SMILES string of the molecule is COc1cc2nc(Cl)nc(Nc3ccc(C(=O)OCC(C)C)cc3)c2cc1OC. The number of ether oxygens (including phenoxy) is 3. The van der Waals surface area contributed by atoms with Gasteiger partial charge in [-0.05, 0) is 47.9 Å². The molecule has 1 N–H and O–H groups in total. The zero-order valence-corrected chi connectivity index (χ0v) is 17.4. The van der Waals surface area contributed by atoms with Crippen molar-refractivity contribution < 1.29 is 19.0 Å². The Morgan fingerprint density at radius 2 is 1.72 bits per heavy atom. The second-order valence-corrected chi connectivity index (χ2v) is 7.10. The molecule has 3 rings (SSSR count). The van der Waals surface area contributed by atoms with Gasteiger partial charge < -0.3 is 19.5 Å². The molecular weight excluding hydrogens is 394 g/mol. The lowest BCUT2D eigenvalue weighted by atomic mass is 10.2. The summed E-state index contributed by atoms with van der Waals surface area (Å²) in [4.78, 5) is 20.6. The lowest BCUT2D eigenvalue weighted by Gasteiger charge is -2.13. The second kappa shape index (κ2) is 8.96. The molecule has 0 spiro atoms. The number of methoxy groups -OCH3 is 2. The Balaban J connectivity index is 1.88. The Morgan fingerprint density at radius 3 is 2.34 bits per heavy atom. The van der Waals surface area contributed by atoms with E-state index in [0.717, 1.165) is 5.69 Å². The molecule has 3 aromatic rings. The van der Waals surface area contributed by atoms with Gasteiger partial charge in [-0.15, -0.1) is 0 Å². The summed E-state index contributed by atoms with van der Waals surface area (Å²) in [5.74, 6) is 1.54. The average Bonchev–Trinajstić information content (AvgIpc) is 2.71. The first kappa shape index (κ1) is 20.7. The molecule has 0 radical (unpaired) electrons. The van der Waals surface area contributed by atoms with E-state index >= 15 is 0 Å². The zero-order chi connectivity index (χ0) is 21.0. The smallest absolute Gasteiger partial charge is 0.338 e. The van der Waals surface area contributed by atoms with Crippen molar-refractivity contribution in [3.8, 4) is 11.5 Å². The number of halogens is 1. The molecule has 0 saturated carbocycles. The van der Waals surface area contributed by atoms with Crippen LogP contribution in [0.1, 0.15) is 24.2 Å². The van der Waals surface area contributed by atoms with Crippen LogP contribution in [0.25, 0.3) is 10.9 Å². The van der Waals surface area contributed by atoms with Gasteiger partial charge in [-0.3, -0.25) is 0 Å². The highest BCUT2D eigenvalue weighted by Crippen LogP contribution is 2.35. The number of anilines is 2. The van der Waals surface area contributed by atoms with E-state index in [9.17, 15) is 4.79 Å². The van der Waals surface area contributed by atoms with Gasteiger partial charge in [-0.1, -0.05) is 13.8 Å². The van der Waals surface area contributed by atoms with Crippen LogP contribution in [0, 0.1) is 5.92 Å². The highest BCUT2D eigenvalue weighted by atomic mass is 35.5. The van der Waals surface area contributed by atoms with Gasteiger partial charge >= 0.3 is 5.97 Å². The molecule has 0 aliphatic heterocycles. The molecule has 0 unspecified atom stereocenters. The molecule has 0 aliphatic rings. The minimum Gasteiger partial charge on any atom is -0.493 e. The Bertz CT molecular complexity index is 1020. The first-order valence-corrected chi connectivity index (χ1v) is 9.42. The molecule has 1 heterocycles. The normalized spacial score (nSPS) is 10.8. The number of hydrogen-bond donors (Lipinski definition) is 1. The lowest BCUT2D eigenvalue weighted by molar-refractivity contribution is 0.0459. The first-order chi connectivity index (χ1) is 13.9. The molecule has 0 atom stereocenters. The van der Waals surface area contributed by atoms with Gasteiger partial charge in [-0.2, -0.15) is 4.98 Å². The van der Waals surface area contributed by atoms with Crippen molar-refractivity contribution in [2.45, 2.75) is 13.8 Å². The largest absolute Gasteiger partial charge is 0.493 e. The van der Waals surface area contributed by atoms with Gasteiger partial charge in [0.05, 0.1) is 31.9 Å². The molecule has 8 heteroatoms. The van der Waals surface area contributed by atoms with Crippen molar-refractivity contribution in [1.29, 1.82) is 0 Å². The van der Waals surface area contributed by atoms with Crippen LogP contribution in [0.5, 0.6) is 11.5 Å². The van der Waals surface area contributed by atoms with E-state index in [1.807, 2.05) is 13.8 Å². The number of benzene rings is 2. The van der Waals surface area contributed by atoms with Crippen LogP contribution in [-0.4, -0.2) is 36.8 Å². The molecule has 152 valence electrons. The fraction of sp³-hybridized carbons (Fsp3) is 0.286. The van der Waals surface area contributed by atoms with Crippen molar-refractivity contribution in [3.63, 3.8) is 0 Å². The van der Waals surface area contributed by atoms with E-state index in [4.69, 9.17) is 25.8 Å². The minimum atomic E-state index is -0.349. The fourth-order valence-corrected chi connectivity index (χ4v) is 2.85. The molecule has 7 nitrogen and oxygen atoms in total. The zero-order valence-electron chi connectivity index (χ0n) is 16.7. The monoisotopic (exact) mass is 415 g/mol. The number of aromatic nitrogens is 2. The summed E-state index contributed by atoms with van der Waals surface area (Å²) in [5.41, 5.74) is 1.82. The second-order valence-electron chi connectivity index (χ2n) is 6.76. The maximum Gasteiger partial charge on any atom is 0.338 e. The molecule has 0 amide bonds. The average molecular weight is 416 g/mol. The van der Waals surface area contributed by atoms with Crippen molar-refractivity contribution in [2.24, 2.45) is 5.92 Å². The summed E-state index contributed by atoms with van der Waals surface area (Å²) in [6.07, 6.45) is 0. The molecule has 2 aromatic carbocycles. The Morgan fingerprint density at radius 1 is 1.07 bits per heavy atom. The molecular formula is C21H22ClN3O4. The predicted molar refractivity (Wildman–Crippen MR) is 112 cm³/mol. The quantitative estimate of drug-likeness (QED) is 0.436. The number of nitrogens with one attached hydrogen (secondary N) is 1. The lowest BCUT2D eigenvalue weighted by Crippen LogP contribution is -2.10. The van der Waals surface area contributed by atoms with Gasteiger partial charge in [-0.25, -0.2) is 9.78 Å². The van der Waals surface area contributed by atoms with Gasteiger partial charge in [0.2, 0.25) is 5.28 Å². The predicted octanol–water partition coefficient (Wildman–Crippen LogP) is 4.86. The Hall–Kier alpha value is -3.06. The molecule has 1 aromatic heterocycles. The van der Waals surface area contributed by atoms with Gasteiger partial charge in [0.15, 0.2) is 11.5 Å². The van der Waals surface area contributed by atoms with E-state index in [1.54, 1.807) is 50.6 Å². The van der Waals surface area contributed by atoms with Crippen LogP contribution in [0.3, 0.4) is 0 Å². The van der Waals surface area contributed by atoms with Crippen LogP contribution in [-0.2, 0) is 4.74 Å². The topological polar surface area (TPSA) is 82.6 Å². The standard InChI is InChI=1S/C21H22ClN3O4/c1-12(2)11-29-20(26)13-5-7-14(8-6-13)23-19-15-9-17(27-3)18(28-4)10-16(15)24-21(22)25-19/h5-10,12H,11H2,1-4H3,(H,23,24,25). The van der Waals surface area contributed by atoms with Crippen LogP contribution < -0.4 is 14.8 Å². The van der Waals surface area contributed by atoms with Crippen LogP contribution in [0.4, 0.5) is 11.5 Å². The van der Waals surface area contributed by atoms with Gasteiger partial charge in [0.25, 0.3) is 0 Å². The molecule has 0 fully saturated rings. The van der Waals surface area contributed by atoms with Crippen molar-refractivity contribution in [1.82, 2.24) is 9.97 Å². The Kier molecular flexibility index (Phi) is 6.39. The summed E-state index contributed by atoms with van der Waals surface area (Å²) >= 11 is 6.09. The van der Waals surface area contributed by atoms with E-state index in [0.29, 0.717) is 40.4 Å². The van der Waals surface area contributed by atoms with Gasteiger partial charge in [0, 0.05) is 17.1 Å². The van der Waals surface area contributed by atoms with Crippen LogP contribution in [0.2, 0.25) is 5.28 Å². The van der Waals surface area contributed by atoms with Crippen LogP contribution >= 0.6 is 11.6 Å². The van der Waals surface area contributed by atoms with E-state index in [2.05, 4.69) is 15.3 Å². The third kappa shape index (κ3) is 4.86. The summed E-state index contributed by atoms with van der Waals surface area (Å²) in [7, 11) is 3.12. The molecule has 0 bridgehead atoms. The molecule has 29 heavy (non-hydrogen) atoms. The number of nitrogens with zero attached hydrogens (tertiary/aromatic N) is 2. The van der Waals surface area contributed by atoms with E-state index in [1.165, 1.54) is 0 Å². The fourth-order valence-electron chi connectivity index (χ4n) is 2.67. The highest BCUT2D eigenvalue weighted by Gasteiger charge is 2.14. The van der Waals surface area contributed by atoms with Crippen molar-refractivity contribution in [3.05, 3.63) is 47.2 Å². The summed E-state index contributed by atoms with van der Waals surface area (Å²) in [6, 6.07) is 10.5. The van der Waals surface area contributed by atoms with Crippen molar-refractivity contribution >= 4 is 40.0 Å². The summed E-state index contributed by atoms with van der Waals surface area (Å²) < 4.78 is 15.9. The van der Waals surface area contributed by atoms with Crippen LogP contribution in [0.15, 0.2) is 36.4 Å². The number of carbonyl (C=O) groups is 1.